The van der Waals surface area contributed by atoms with Gasteiger partial charge in [0.1, 0.15) is 0 Å². The van der Waals surface area contributed by atoms with Gasteiger partial charge in [-0.1, -0.05) is 52.4 Å². The van der Waals surface area contributed by atoms with Gasteiger partial charge in [0, 0.05) is 5.97 Å². The summed E-state index contributed by atoms with van der Waals surface area (Å²) in [6.45, 7) is 8.53. The van der Waals surface area contributed by atoms with Gasteiger partial charge >= 0.3 is 0 Å². The van der Waals surface area contributed by atoms with Crippen LogP contribution in [-0.2, 0) is 4.79 Å². The number of carboxylic acid groups (broad SMARTS) is 1. The summed E-state index contributed by atoms with van der Waals surface area (Å²) in [6.07, 6.45) is 19.0. The van der Waals surface area contributed by atoms with Crippen LogP contribution in [0.2, 0.25) is 0 Å². The molecule has 1 rings (SSSR count). The normalized spacial score (nSPS) is 20.7. The van der Waals surface area contributed by atoms with Crippen molar-refractivity contribution in [1.29, 1.82) is 0 Å². The van der Waals surface area contributed by atoms with Gasteiger partial charge in [-0.3, -0.25) is 0 Å². The Hall–Kier alpha value is -0.570. The summed E-state index contributed by atoms with van der Waals surface area (Å²) >= 11 is 0. The Balaban J connectivity index is 0.00000108. The number of rotatable bonds is 11. The molecular formula is C20H41NO2. The van der Waals surface area contributed by atoms with Crippen molar-refractivity contribution in [1.82, 2.24) is 0 Å². The number of nitrogens with one attached hydrogen (secondary N) is 1. The van der Waals surface area contributed by atoms with Crippen molar-refractivity contribution in [3.63, 3.8) is 0 Å². The molecule has 1 fully saturated rings. The van der Waals surface area contributed by atoms with Gasteiger partial charge in [-0.15, -0.1) is 0 Å². The number of quaternary nitrogens is 1. The van der Waals surface area contributed by atoms with E-state index in [4.69, 9.17) is 9.90 Å². The fourth-order valence-electron chi connectivity index (χ4n) is 3.59. The minimum atomic E-state index is -1.08. The minimum absolute atomic E-state index is 0.972. The van der Waals surface area contributed by atoms with Gasteiger partial charge in [-0.25, -0.2) is 0 Å². The number of carboxylic acids is 1. The first-order chi connectivity index (χ1) is 11.1. The molecular weight excluding hydrogens is 286 g/mol. The summed E-state index contributed by atoms with van der Waals surface area (Å²) in [4.78, 5) is 10.8. The zero-order valence-electron chi connectivity index (χ0n) is 16.0. The lowest BCUT2D eigenvalue weighted by molar-refractivity contribution is -0.931. The van der Waals surface area contributed by atoms with Crippen LogP contribution in [0.15, 0.2) is 0 Å². The van der Waals surface area contributed by atoms with E-state index < -0.39 is 5.97 Å². The van der Waals surface area contributed by atoms with Crippen molar-refractivity contribution < 1.29 is 14.8 Å². The van der Waals surface area contributed by atoms with E-state index >= 15 is 0 Å². The van der Waals surface area contributed by atoms with E-state index in [9.17, 15) is 0 Å². The molecule has 23 heavy (non-hydrogen) atoms. The van der Waals surface area contributed by atoms with Gasteiger partial charge in [-0.2, -0.15) is 0 Å². The summed E-state index contributed by atoms with van der Waals surface area (Å²) in [5.41, 5.74) is 0. The van der Waals surface area contributed by atoms with E-state index in [0.29, 0.717) is 0 Å². The molecule has 1 N–H and O–H groups in total. The lowest BCUT2D eigenvalue weighted by Crippen LogP contribution is -3.16. The third kappa shape index (κ3) is 14.7. The molecule has 1 heterocycles. The van der Waals surface area contributed by atoms with Crippen LogP contribution in [0.5, 0.6) is 0 Å². The van der Waals surface area contributed by atoms with Crippen LogP contribution in [0.3, 0.4) is 0 Å². The average molecular weight is 328 g/mol. The van der Waals surface area contributed by atoms with Crippen LogP contribution in [0.1, 0.15) is 104 Å². The molecule has 1 saturated heterocycles. The maximum absolute atomic E-state index is 8.89. The van der Waals surface area contributed by atoms with Gasteiger partial charge in [0.15, 0.2) is 0 Å². The number of carbonyl (C=O) groups is 1. The molecule has 0 aromatic carbocycles. The highest BCUT2D eigenvalue weighted by atomic mass is 16.4. The molecule has 2 unspecified atom stereocenters. The fourth-order valence-corrected chi connectivity index (χ4v) is 3.59. The van der Waals surface area contributed by atoms with Gasteiger partial charge in [-0.05, 0) is 51.9 Å². The highest BCUT2D eigenvalue weighted by Crippen LogP contribution is 2.10. The second kappa shape index (κ2) is 16.3. The topological polar surface area (TPSA) is 44.6 Å². The summed E-state index contributed by atoms with van der Waals surface area (Å²) in [7, 11) is 0. The second-order valence-electron chi connectivity index (χ2n) is 7.11. The first-order valence-corrected chi connectivity index (χ1v) is 10.1. The first-order valence-electron chi connectivity index (χ1n) is 10.1. The molecule has 0 spiro atoms. The first kappa shape index (κ1) is 22.4. The quantitative estimate of drug-likeness (QED) is 0.593. The highest BCUT2D eigenvalue weighted by molar-refractivity contribution is 5.60. The number of likely N-dealkylation sites (tertiary alicyclic amines) is 1. The van der Waals surface area contributed by atoms with Crippen LogP contribution in [0.25, 0.3) is 0 Å². The third-order valence-electron chi connectivity index (χ3n) is 4.89. The van der Waals surface area contributed by atoms with Crippen molar-refractivity contribution in [3.8, 4) is 0 Å². The van der Waals surface area contributed by atoms with Gasteiger partial charge in [0.05, 0.1) is 19.1 Å². The Bertz CT molecular complexity index is 264. The van der Waals surface area contributed by atoms with Crippen LogP contribution in [0, 0.1) is 0 Å². The monoisotopic (exact) mass is 327 g/mol. The molecule has 2 atom stereocenters. The van der Waals surface area contributed by atoms with Gasteiger partial charge in [0.2, 0.25) is 0 Å². The number of hydrogen-bond donors (Lipinski definition) is 1. The molecule has 3 nitrogen and oxygen atoms in total. The summed E-state index contributed by atoms with van der Waals surface area (Å²) < 4.78 is 0. The number of piperidine rings is 1. The summed E-state index contributed by atoms with van der Waals surface area (Å²) in [5, 5.41) is 8.89. The van der Waals surface area contributed by atoms with E-state index in [1.807, 2.05) is 4.90 Å². The maximum Gasteiger partial charge on any atom is 0.0874 e. The zero-order valence-corrected chi connectivity index (χ0v) is 16.0. The Labute approximate surface area is 144 Å². The number of aliphatic carboxylic acids is 1. The molecule has 1 aliphatic heterocycles. The molecule has 138 valence electrons. The fraction of sp³-hybridized carbons (Fsp3) is 0.950. The van der Waals surface area contributed by atoms with Gasteiger partial charge < -0.3 is 14.8 Å². The van der Waals surface area contributed by atoms with Crippen molar-refractivity contribution in [2.75, 3.05) is 13.1 Å². The SMILES string of the molecule is CC(=O)[O-].CCCCCCCCC[NH+]1CCCCC1CCCC. The molecule has 0 saturated carbocycles. The molecule has 1 aliphatic rings. The number of hydrogen-bond acceptors (Lipinski definition) is 2. The zero-order chi connectivity index (χ0) is 17.3. The lowest BCUT2D eigenvalue weighted by atomic mass is 9.97. The lowest BCUT2D eigenvalue weighted by Gasteiger charge is -2.32. The molecule has 0 amide bonds. The van der Waals surface area contributed by atoms with E-state index in [1.165, 1.54) is 96.6 Å². The highest BCUT2D eigenvalue weighted by Gasteiger charge is 2.24. The Kier molecular flexibility index (Phi) is 15.9. The van der Waals surface area contributed by atoms with Crippen LogP contribution >= 0.6 is 0 Å². The number of carbonyl (C=O) groups excluding carboxylic acids is 1. The third-order valence-corrected chi connectivity index (χ3v) is 4.89. The smallest absolute Gasteiger partial charge is 0.0874 e. The Morgan fingerprint density at radius 1 is 0.957 bits per heavy atom. The average Bonchev–Trinajstić information content (AvgIpc) is 2.52. The largest absolute Gasteiger partial charge is 0.550 e. The van der Waals surface area contributed by atoms with E-state index in [0.717, 1.165) is 13.0 Å². The van der Waals surface area contributed by atoms with Crippen molar-refractivity contribution in [2.45, 2.75) is 110 Å². The van der Waals surface area contributed by atoms with Crippen molar-refractivity contribution in [2.24, 2.45) is 0 Å². The van der Waals surface area contributed by atoms with Crippen LogP contribution in [-0.4, -0.2) is 25.1 Å². The standard InChI is InChI=1S/C18H37N.C2H4O2/c1-3-5-7-8-9-10-12-16-19-17-13-11-15-18(19)14-6-4-2;1-2(3)4/h18H,3-17H2,1-2H3;1H3,(H,3,4). The maximum atomic E-state index is 8.89. The van der Waals surface area contributed by atoms with E-state index in [-0.39, 0.29) is 0 Å². The summed E-state index contributed by atoms with van der Waals surface area (Å²) in [5.74, 6) is -1.08. The predicted octanol–water partition coefficient (Wildman–Crippen LogP) is 3.12. The van der Waals surface area contributed by atoms with Crippen molar-refractivity contribution >= 4 is 5.97 Å². The number of unbranched alkanes of at least 4 members (excludes halogenated alkanes) is 7. The Morgan fingerprint density at radius 2 is 1.52 bits per heavy atom. The molecule has 0 aromatic rings. The summed E-state index contributed by atoms with van der Waals surface area (Å²) in [6, 6.07) is 1.01. The minimum Gasteiger partial charge on any atom is -0.550 e. The van der Waals surface area contributed by atoms with Crippen LogP contribution < -0.4 is 10.0 Å². The molecule has 3 heteroatoms. The molecule has 0 radical (unpaired) electrons. The predicted molar refractivity (Wildman–Crippen MR) is 96.5 cm³/mol. The molecule has 0 bridgehead atoms. The van der Waals surface area contributed by atoms with Gasteiger partial charge in [0.25, 0.3) is 0 Å². The van der Waals surface area contributed by atoms with Crippen molar-refractivity contribution in [3.05, 3.63) is 0 Å². The van der Waals surface area contributed by atoms with Crippen LogP contribution in [0.4, 0.5) is 0 Å². The van der Waals surface area contributed by atoms with E-state index in [2.05, 4.69) is 13.8 Å². The van der Waals surface area contributed by atoms with E-state index in [1.54, 1.807) is 0 Å². The molecule has 0 aliphatic carbocycles. The second-order valence-corrected chi connectivity index (χ2v) is 7.11. The molecule has 0 aromatic heterocycles. The Morgan fingerprint density at radius 3 is 2.13 bits per heavy atom.